The SMILES string of the molecule is C[CH]c1ccc(CCC(C)C)c(CCC(C)C)c1. The number of hydrogen-bond acceptors (Lipinski definition) is 0. The van der Waals surface area contributed by atoms with Crippen LogP contribution in [0.15, 0.2) is 18.2 Å². The summed E-state index contributed by atoms with van der Waals surface area (Å²) in [6.45, 7) is 11.4. The lowest BCUT2D eigenvalue weighted by Crippen LogP contribution is -2.01. The normalized spacial score (nSPS) is 11.5. The van der Waals surface area contributed by atoms with E-state index in [0.717, 1.165) is 11.8 Å². The second kappa shape index (κ2) is 7.61. The first-order valence-corrected chi connectivity index (χ1v) is 7.44. The van der Waals surface area contributed by atoms with E-state index in [4.69, 9.17) is 0 Å². The molecular weight excluding hydrogens is 216 g/mol. The van der Waals surface area contributed by atoms with Gasteiger partial charge in [-0.15, -0.1) is 0 Å². The van der Waals surface area contributed by atoms with E-state index in [2.05, 4.69) is 59.2 Å². The highest BCUT2D eigenvalue weighted by Gasteiger charge is 2.06. The predicted molar refractivity (Wildman–Crippen MR) is 81.8 cm³/mol. The molecule has 1 aromatic rings. The molecule has 1 radical (unpaired) electrons. The smallest absolute Gasteiger partial charge is 0.0124 e. The minimum absolute atomic E-state index is 0.789. The van der Waals surface area contributed by atoms with Gasteiger partial charge in [0.2, 0.25) is 0 Å². The van der Waals surface area contributed by atoms with Gasteiger partial charge in [-0.25, -0.2) is 0 Å². The number of hydrogen-bond donors (Lipinski definition) is 0. The average molecular weight is 245 g/mol. The van der Waals surface area contributed by atoms with Crippen molar-refractivity contribution in [3.05, 3.63) is 41.3 Å². The van der Waals surface area contributed by atoms with Crippen LogP contribution in [0.5, 0.6) is 0 Å². The first-order chi connectivity index (χ1) is 8.52. The zero-order valence-electron chi connectivity index (χ0n) is 12.8. The lowest BCUT2D eigenvalue weighted by molar-refractivity contribution is 0.571. The molecule has 101 valence electrons. The lowest BCUT2D eigenvalue weighted by atomic mass is 9.92. The number of rotatable bonds is 7. The zero-order valence-corrected chi connectivity index (χ0v) is 12.8. The Morgan fingerprint density at radius 1 is 0.889 bits per heavy atom. The third-order valence-corrected chi connectivity index (χ3v) is 3.55. The van der Waals surface area contributed by atoms with Crippen LogP contribution >= 0.6 is 0 Å². The molecule has 0 nitrogen and oxygen atoms in total. The van der Waals surface area contributed by atoms with Crippen molar-refractivity contribution >= 4 is 0 Å². The molecule has 0 bridgehead atoms. The predicted octanol–water partition coefficient (Wildman–Crippen LogP) is 5.44. The molecule has 1 rings (SSSR count). The van der Waals surface area contributed by atoms with Gasteiger partial charge in [-0.05, 0) is 60.6 Å². The highest BCUT2D eigenvalue weighted by atomic mass is 14.1. The standard InChI is InChI=1S/C18H29/c1-6-16-9-12-17(10-7-14(2)3)18(13-16)11-8-15(4)5/h6,9,12-15H,7-8,10-11H2,1-5H3. The highest BCUT2D eigenvalue weighted by Crippen LogP contribution is 2.20. The van der Waals surface area contributed by atoms with Crippen LogP contribution in [0.1, 0.15) is 64.2 Å². The van der Waals surface area contributed by atoms with Gasteiger partial charge in [-0.1, -0.05) is 52.8 Å². The first-order valence-electron chi connectivity index (χ1n) is 7.44. The van der Waals surface area contributed by atoms with Crippen LogP contribution in [0, 0.1) is 18.3 Å². The minimum atomic E-state index is 0.789. The molecule has 0 aromatic heterocycles. The van der Waals surface area contributed by atoms with Gasteiger partial charge < -0.3 is 0 Å². The molecule has 0 spiro atoms. The third-order valence-electron chi connectivity index (χ3n) is 3.55. The maximum Gasteiger partial charge on any atom is -0.0124 e. The van der Waals surface area contributed by atoms with Crippen LogP contribution in [0.2, 0.25) is 0 Å². The Bertz CT molecular complexity index is 347. The lowest BCUT2D eigenvalue weighted by Gasteiger charge is -2.13. The summed E-state index contributed by atoms with van der Waals surface area (Å²) >= 11 is 0. The molecule has 0 heteroatoms. The van der Waals surface area contributed by atoms with Crippen LogP contribution in [-0.2, 0) is 12.8 Å². The monoisotopic (exact) mass is 245 g/mol. The molecule has 0 aliphatic heterocycles. The van der Waals surface area contributed by atoms with E-state index < -0.39 is 0 Å². The van der Waals surface area contributed by atoms with E-state index in [9.17, 15) is 0 Å². The molecule has 0 N–H and O–H groups in total. The van der Waals surface area contributed by atoms with E-state index in [-0.39, 0.29) is 0 Å². The van der Waals surface area contributed by atoms with Gasteiger partial charge in [-0.2, -0.15) is 0 Å². The van der Waals surface area contributed by atoms with Crippen molar-refractivity contribution in [3.8, 4) is 0 Å². The summed E-state index contributed by atoms with van der Waals surface area (Å²) in [6.07, 6.45) is 7.25. The van der Waals surface area contributed by atoms with Gasteiger partial charge in [-0.3, -0.25) is 0 Å². The quantitative estimate of drug-likeness (QED) is 0.600. The fourth-order valence-electron chi connectivity index (χ4n) is 2.19. The van der Waals surface area contributed by atoms with E-state index >= 15 is 0 Å². The summed E-state index contributed by atoms with van der Waals surface area (Å²) < 4.78 is 0. The molecule has 1 aromatic carbocycles. The van der Waals surface area contributed by atoms with Gasteiger partial charge in [0, 0.05) is 0 Å². The topological polar surface area (TPSA) is 0 Å². The number of benzene rings is 1. The van der Waals surface area contributed by atoms with E-state index in [1.165, 1.54) is 31.2 Å². The van der Waals surface area contributed by atoms with Crippen molar-refractivity contribution in [2.45, 2.75) is 60.3 Å². The van der Waals surface area contributed by atoms with Crippen LogP contribution in [0.3, 0.4) is 0 Å². The molecule has 0 heterocycles. The second-order valence-corrected chi connectivity index (χ2v) is 6.18. The average Bonchev–Trinajstić information content (AvgIpc) is 2.34. The largest absolute Gasteiger partial charge is 0.0628 e. The van der Waals surface area contributed by atoms with Crippen molar-refractivity contribution in [2.75, 3.05) is 0 Å². The fraction of sp³-hybridized carbons (Fsp3) is 0.611. The van der Waals surface area contributed by atoms with E-state index in [1.807, 2.05) is 0 Å². The van der Waals surface area contributed by atoms with Crippen LogP contribution in [0.25, 0.3) is 0 Å². The third kappa shape index (κ3) is 5.25. The second-order valence-electron chi connectivity index (χ2n) is 6.18. The summed E-state index contributed by atoms with van der Waals surface area (Å²) in [4.78, 5) is 0. The number of aryl methyl sites for hydroxylation is 2. The minimum Gasteiger partial charge on any atom is -0.0628 e. The highest BCUT2D eigenvalue weighted by molar-refractivity contribution is 5.35. The van der Waals surface area contributed by atoms with Crippen molar-refractivity contribution in [1.82, 2.24) is 0 Å². The van der Waals surface area contributed by atoms with Crippen LogP contribution < -0.4 is 0 Å². The Morgan fingerprint density at radius 2 is 1.44 bits per heavy atom. The molecule has 0 fully saturated rings. The Kier molecular flexibility index (Phi) is 6.46. The van der Waals surface area contributed by atoms with Gasteiger partial charge in [0.25, 0.3) is 0 Å². The molecule has 0 amide bonds. The molecule has 0 unspecified atom stereocenters. The Balaban J connectivity index is 2.79. The van der Waals surface area contributed by atoms with Crippen molar-refractivity contribution < 1.29 is 0 Å². The summed E-state index contributed by atoms with van der Waals surface area (Å²) in [5.74, 6) is 1.58. The van der Waals surface area contributed by atoms with Gasteiger partial charge in [0.15, 0.2) is 0 Å². The molecule has 0 atom stereocenters. The Hall–Kier alpha value is -0.780. The maximum absolute atomic E-state index is 2.39. The van der Waals surface area contributed by atoms with E-state index in [1.54, 1.807) is 11.1 Å². The fourth-order valence-corrected chi connectivity index (χ4v) is 2.19. The molecule has 0 saturated heterocycles. The van der Waals surface area contributed by atoms with Crippen molar-refractivity contribution in [2.24, 2.45) is 11.8 Å². The molecule has 18 heavy (non-hydrogen) atoms. The van der Waals surface area contributed by atoms with Gasteiger partial charge in [0.1, 0.15) is 0 Å². The molecule has 0 aliphatic carbocycles. The van der Waals surface area contributed by atoms with Gasteiger partial charge in [0.05, 0.1) is 0 Å². The van der Waals surface area contributed by atoms with Crippen LogP contribution in [-0.4, -0.2) is 0 Å². The summed E-state index contributed by atoms with van der Waals surface area (Å²) in [5, 5.41) is 0. The summed E-state index contributed by atoms with van der Waals surface area (Å²) in [6, 6.07) is 6.99. The maximum atomic E-state index is 2.39. The van der Waals surface area contributed by atoms with Gasteiger partial charge >= 0.3 is 0 Å². The zero-order chi connectivity index (χ0) is 13.5. The van der Waals surface area contributed by atoms with Crippen molar-refractivity contribution in [1.29, 1.82) is 0 Å². The Labute approximate surface area is 114 Å². The Morgan fingerprint density at radius 3 is 1.94 bits per heavy atom. The van der Waals surface area contributed by atoms with Crippen molar-refractivity contribution in [3.63, 3.8) is 0 Å². The molecule has 0 saturated carbocycles. The van der Waals surface area contributed by atoms with E-state index in [0.29, 0.717) is 0 Å². The molecular formula is C18H29. The first kappa shape index (κ1) is 15.3. The summed E-state index contributed by atoms with van der Waals surface area (Å²) in [7, 11) is 0. The van der Waals surface area contributed by atoms with Crippen LogP contribution in [0.4, 0.5) is 0 Å². The summed E-state index contributed by atoms with van der Waals surface area (Å²) in [5.41, 5.74) is 4.50. The molecule has 0 aliphatic rings.